The predicted octanol–water partition coefficient (Wildman–Crippen LogP) is 1.03. The predicted molar refractivity (Wildman–Crippen MR) is 22.3 cm³/mol. The molecule has 0 aliphatic carbocycles. The zero-order valence-electron chi connectivity index (χ0n) is 4.19. The number of hydrogen-bond acceptors (Lipinski definition) is 1. The first-order chi connectivity index (χ1) is 1.91. The number of methoxy groups -OCH3 is 1. The van der Waals surface area contributed by atoms with Crippen LogP contribution in [-0.2, 0) is 37.4 Å². The van der Waals surface area contributed by atoms with Crippen molar-refractivity contribution in [3.8, 4) is 0 Å². The van der Waals surface area contributed by atoms with E-state index in [1.54, 1.807) is 0 Å². The molecule has 0 spiro atoms. The van der Waals surface area contributed by atoms with E-state index in [0.29, 0.717) is 0 Å². The van der Waals surface area contributed by atoms with E-state index in [1.165, 1.54) is 7.11 Å². The normalized spacial score (nSPS) is 3.50. The summed E-state index contributed by atoms with van der Waals surface area (Å²) in [6.07, 6.45) is 2.18. The Balaban J connectivity index is -0.0000000450. The minimum absolute atomic E-state index is 0. The monoisotopic (exact) mass is 161 g/mol. The van der Waals surface area contributed by atoms with Gasteiger partial charge in [-0.1, -0.05) is 0 Å². The van der Waals surface area contributed by atoms with Gasteiger partial charge in [0.05, 0.1) is 0 Å². The molecule has 2 heteroatoms. The summed E-state index contributed by atoms with van der Waals surface area (Å²) >= 11 is 0. The van der Waals surface area contributed by atoms with E-state index in [2.05, 4.69) is 17.6 Å². The first-order valence-electron chi connectivity index (χ1n) is 0.966. The van der Waals surface area contributed by atoms with Crippen LogP contribution in [0, 0.1) is 13.7 Å². The fourth-order valence-electron chi connectivity index (χ4n) is 0. The SMILES string of the molecule is C=[C-]OC.[CH3-].[Y]. The third kappa shape index (κ3) is 22.8. The summed E-state index contributed by atoms with van der Waals surface area (Å²) in [5.74, 6) is 0. The van der Waals surface area contributed by atoms with Crippen LogP contribution in [0.1, 0.15) is 0 Å². The molecule has 0 aromatic rings. The summed E-state index contributed by atoms with van der Waals surface area (Å²) in [4.78, 5) is 0. The molecular weight excluding hydrogens is 153 g/mol. The number of hydrogen-bond donors (Lipinski definition) is 0. The van der Waals surface area contributed by atoms with Crippen molar-refractivity contribution in [2.24, 2.45) is 0 Å². The molecule has 0 aromatic heterocycles. The molecule has 0 aromatic carbocycles. The molecular formula is C4H8OY-2. The number of rotatable bonds is 1. The van der Waals surface area contributed by atoms with Crippen LogP contribution in [0.25, 0.3) is 0 Å². The second-order valence-electron chi connectivity index (χ2n) is 0.348. The summed E-state index contributed by atoms with van der Waals surface area (Å²) in [7, 11) is 1.51. The van der Waals surface area contributed by atoms with Crippen molar-refractivity contribution >= 4 is 0 Å². The van der Waals surface area contributed by atoms with E-state index >= 15 is 0 Å². The molecule has 35 valence electrons. The quantitative estimate of drug-likeness (QED) is 0.412. The van der Waals surface area contributed by atoms with Crippen molar-refractivity contribution in [1.29, 1.82) is 0 Å². The molecule has 0 saturated carbocycles. The topological polar surface area (TPSA) is 9.23 Å². The maximum Gasteiger partial charge on any atom is 0.0336 e. The van der Waals surface area contributed by atoms with Gasteiger partial charge in [-0.05, 0) is 0 Å². The van der Waals surface area contributed by atoms with Gasteiger partial charge in [0.15, 0.2) is 0 Å². The van der Waals surface area contributed by atoms with Crippen LogP contribution < -0.4 is 0 Å². The smallest absolute Gasteiger partial charge is 0.0336 e. The average Bonchev–Trinajstić information content (AvgIpc) is 1.37. The van der Waals surface area contributed by atoms with Gasteiger partial charge in [0.25, 0.3) is 0 Å². The summed E-state index contributed by atoms with van der Waals surface area (Å²) in [6, 6.07) is 0. The van der Waals surface area contributed by atoms with Gasteiger partial charge < -0.3 is 18.4 Å². The molecule has 0 fully saturated rings. The van der Waals surface area contributed by atoms with Gasteiger partial charge in [-0.3, -0.25) is 0 Å². The third-order valence-corrected chi connectivity index (χ3v) is 0.144. The Labute approximate surface area is 64.6 Å². The molecule has 0 heterocycles. The molecule has 0 N–H and O–H groups in total. The van der Waals surface area contributed by atoms with Crippen molar-refractivity contribution in [1.82, 2.24) is 0 Å². The van der Waals surface area contributed by atoms with Crippen LogP contribution in [0.2, 0.25) is 0 Å². The molecule has 0 unspecified atom stereocenters. The molecule has 6 heavy (non-hydrogen) atoms. The molecule has 1 nitrogen and oxygen atoms in total. The van der Waals surface area contributed by atoms with Crippen LogP contribution >= 0.6 is 0 Å². The van der Waals surface area contributed by atoms with Crippen molar-refractivity contribution in [3.63, 3.8) is 0 Å². The third-order valence-electron chi connectivity index (χ3n) is 0.144. The Morgan fingerprint density at radius 1 is 1.67 bits per heavy atom. The maximum atomic E-state index is 4.18. The zero-order valence-corrected chi connectivity index (χ0v) is 7.03. The summed E-state index contributed by atoms with van der Waals surface area (Å²) < 4.78 is 4.18. The van der Waals surface area contributed by atoms with Crippen LogP contribution in [-0.4, -0.2) is 7.11 Å². The van der Waals surface area contributed by atoms with Crippen molar-refractivity contribution in [2.75, 3.05) is 7.11 Å². The van der Waals surface area contributed by atoms with Crippen LogP contribution in [0.5, 0.6) is 0 Å². The van der Waals surface area contributed by atoms with Gasteiger partial charge >= 0.3 is 0 Å². The van der Waals surface area contributed by atoms with E-state index in [-0.39, 0.29) is 40.1 Å². The second kappa shape index (κ2) is 17.4. The Morgan fingerprint density at radius 2 is 1.83 bits per heavy atom. The standard InChI is InChI=1S/C3H5O.CH3.Y/c1-3-4-2;;/h1H2,2H3;1H3;/q2*-1;. The molecule has 0 amide bonds. The largest absolute Gasteiger partial charge is 0.695 e. The van der Waals surface area contributed by atoms with Gasteiger partial charge in [-0.15, -0.1) is 0 Å². The van der Waals surface area contributed by atoms with Gasteiger partial charge in [-0.25, -0.2) is 6.58 Å². The van der Waals surface area contributed by atoms with Gasteiger partial charge in [0.1, 0.15) is 0 Å². The van der Waals surface area contributed by atoms with Crippen LogP contribution in [0.3, 0.4) is 0 Å². The van der Waals surface area contributed by atoms with Crippen molar-refractivity contribution in [2.45, 2.75) is 0 Å². The Hall–Kier alpha value is 0.644. The fraction of sp³-hybridized carbons (Fsp3) is 0.250. The molecule has 0 aliphatic heterocycles. The second-order valence-corrected chi connectivity index (χ2v) is 0.348. The van der Waals surface area contributed by atoms with E-state index in [4.69, 9.17) is 0 Å². The van der Waals surface area contributed by atoms with Gasteiger partial charge in [0.2, 0.25) is 0 Å². The Kier molecular flexibility index (Phi) is 46.3. The minimum Gasteiger partial charge on any atom is -0.695 e. The zero-order chi connectivity index (χ0) is 3.41. The first kappa shape index (κ1) is 15.9. The molecule has 0 atom stereocenters. The summed E-state index contributed by atoms with van der Waals surface area (Å²) in [5.41, 5.74) is 0. The molecule has 1 radical (unpaired) electrons. The van der Waals surface area contributed by atoms with Crippen molar-refractivity contribution < 1.29 is 37.4 Å². The Bertz CT molecular complexity index is 21.5. The van der Waals surface area contributed by atoms with Crippen LogP contribution in [0.15, 0.2) is 6.58 Å². The average molecular weight is 161 g/mol. The van der Waals surface area contributed by atoms with Gasteiger partial charge in [-0.2, -0.15) is 0 Å². The van der Waals surface area contributed by atoms with Crippen LogP contribution in [0.4, 0.5) is 0 Å². The fourth-order valence-corrected chi connectivity index (χ4v) is 0. The molecule has 0 bridgehead atoms. The molecule has 0 rings (SSSR count). The summed E-state index contributed by atoms with van der Waals surface area (Å²) in [5, 5.41) is 0. The van der Waals surface area contributed by atoms with Gasteiger partial charge in [0, 0.05) is 39.8 Å². The maximum absolute atomic E-state index is 4.18. The van der Waals surface area contributed by atoms with E-state index in [0.717, 1.165) is 0 Å². The summed E-state index contributed by atoms with van der Waals surface area (Å²) in [6.45, 7) is 3.13. The minimum atomic E-state index is 0. The molecule has 0 aliphatic rings. The molecule has 0 saturated heterocycles. The first-order valence-corrected chi connectivity index (χ1v) is 0.966. The Morgan fingerprint density at radius 3 is 1.83 bits per heavy atom. The van der Waals surface area contributed by atoms with E-state index < -0.39 is 0 Å². The van der Waals surface area contributed by atoms with E-state index in [1.807, 2.05) is 0 Å². The van der Waals surface area contributed by atoms with Crippen molar-refractivity contribution in [3.05, 3.63) is 20.3 Å². The number of ether oxygens (including phenoxy) is 1. The van der Waals surface area contributed by atoms with E-state index in [9.17, 15) is 0 Å².